The summed E-state index contributed by atoms with van der Waals surface area (Å²) in [5.74, 6) is 0.517. The van der Waals surface area contributed by atoms with Crippen LogP contribution in [0.1, 0.15) is 21.8 Å². The van der Waals surface area contributed by atoms with Gasteiger partial charge in [0, 0.05) is 32.2 Å². The van der Waals surface area contributed by atoms with Gasteiger partial charge in [-0.25, -0.2) is 13.1 Å². The van der Waals surface area contributed by atoms with E-state index >= 15 is 0 Å². The highest BCUT2D eigenvalue weighted by Gasteiger charge is 2.25. The molecule has 1 fully saturated rings. The van der Waals surface area contributed by atoms with Crippen LogP contribution in [0.4, 0.5) is 0 Å². The number of piperazine rings is 1. The average molecular weight is 413 g/mol. The first kappa shape index (κ1) is 19.8. The van der Waals surface area contributed by atoms with Crippen LogP contribution in [0.5, 0.6) is 0 Å². The largest absolute Gasteiger partial charge is 0.360 e. The number of aromatic nitrogens is 1. The van der Waals surface area contributed by atoms with Crippen LogP contribution in [0.3, 0.4) is 0 Å². The molecular weight excluding hydrogens is 392 g/mol. The third-order valence-corrected chi connectivity index (χ3v) is 6.20. The lowest BCUT2D eigenvalue weighted by molar-refractivity contribution is 0.0617. The second kappa shape index (κ2) is 7.97. The number of nitrogens with one attached hydrogen (secondary N) is 1. The van der Waals surface area contributed by atoms with Gasteiger partial charge < -0.3 is 9.42 Å². The Morgan fingerprint density at radius 2 is 1.96 bits per heavy atom. The SMILES string of the molecule is CNS(=O)(=O)c1ccc(Cl)c(C(=O)N2CCN(Cc3cc(C)no3)CC2)c1. The summed E-state index contributed by atoms with van der Waals surface area (Å²) in [6.07, 6.45) is 0. The summed E-state index contributed by atoms with van der Waals surface area (Å²) in [5.41, 5.74) is 1.03. The molecule has 27 heavy (non-hydrogen) atoms. The normalized spacial score (nSPS) is 15.9. The molecule has 1 aliphatic heterocycles. The van der Waals surface area contributed by atoms with E-state index in [2.05, 4.69) is 14.8 Å². The van der Waals surface area contributed by atoms with Crippen LogP contribution in [-0.4, -0.2) is 62.5 Å². The maximum absolute atomic E-state index is 12.8. The van der Waals surface area contributed by atoms with Crippen LogP contribution in [0.15, 0.2) is 33.7 Å². The topological polar surface area (TPSA) is 95.8 Å². The first-order valence-corrected chi connectivity index (χ1v) is 10.3. The van der Waals surface area contributed by atoms with Gasteiger partial charge in [-0.15, -0.1) is 0 Å². The Kier molecular flexibility index (Phi) is 5.85. The Morgan fingerprint density at radius 1 is 1.26 bits per heavy atom. The molecule has 0 radical (unpaired) electrons. The minimum Gasteiger partial charge on any atom is -0.360 e. The van der Waals surface area contributed by atoms with Crippen molar-refractivity contribution in [3.8, 4) is 0 Å². The fourth-order valence-corrected chi connectivity index (χ4v) is 3.90. The number of hydrogen-bond donors (Lipinski definition) is 1. The van der Waals surface area contributed by atoms with Crippen molar-refractivity contribution in [1.29, 1.82) is 0 Å². The van der Waals surface area contributed by atoms with Gasteiger partial charge in [-0.3, -0.25) is 9.69 Å². The Labute approximate surface area is 163 Å². The van der Waals surface area contributed by atoms with Crippen molar-refractivity contribution in [2.45, 2.75) is 18.4 Å². The lowest BCUT2D eigenvalue weighted by Crippen LogP contribution is -2.48. The van der Waals surface area contributed by atoms with Gasteiger partial charge in [0.25, 0.3) is 5.91 Å². The van der Waals surface area contributed by atoms with E-state index in [0.717, 1.165) is 11.5 Å². The highest BCUT2D eigenvalue weighted by Crippen LogP contribution is 2.23. The summed E-state index contributed by atoms with van der Waals surface area (Å²) in [6.45, 7) is 4.90. The predicted octanol–water partition coefficient (Wildman–Crippen LogP) is 1.50. The minimum absolute atomic E-state index is 0.0112. The summed E-state index contributed by atoms with van der Waals surface area (Å²) in [4.78, 5) is 16.7. The van der Waals surface area contributed by atoms with E-state index in [0.29, 0.717) is 32.7 Å². The van der Waals surface area contributed by atoms with Crippen molar-refractivity contribution in [2.75, 3.05) is 33.2 Å². The molecule has 1 saturated heterocycles. The molecule has 1 aromatic carbocycles. The molecule has 10 heteroatoms. The van der Waals surface area contributed by atoms with E-state index in [9.17, 15) is 13.2 Å². The van der Waals surface area contributed by atoms with Gasteiger partial charge in [-0.05, 0) is 32.2 Å². The zero-order chi connectivity index (χ0) is 19.6. The molecule has 2 heterocycles. The standard InChI is InChI=1S/C17H21ClN4O4S/c1-12-9-13(26-20-12)11-21-5-7-22(8-6-21)17(23)15-10-14(3-4-16(15)18)27(24,25)19-2/h3-4,9-10,19H,5-8,11H2,1-2H3. The molecule has 1 N–H and O–H groups in total. The lowest BCUT2D eigenvalue weighted by Gasteiger charge is -2.34. The van der Waals surface area contributed by atoms with Crippen LogP contribution >= 0.6 is 11.6 Å². The summed E-state index contributed by atoms with van der Waals surface area (Å²) in [5, 5.41) is 4.11. The van der Waals surface area contributed by atoms with Gasteiger partial charge in [0.05, 0.1) is 27.7 Å². The molecular formula is C17H21ClN4O4S. The summed E-state index contributed by atoms with van der Waals surface area (Å²) >= 11 is 6.15. The van der Waals surface area contributed by atoms with Crippen LogP contribution in [-0.2, 0) is 16.6 Å². The molecule has 1 aliphatic rings. The smallest absolute Gasteiger partial charge is 0.255 e. The number of hydrogen-bond acceptors (Lipinski definition) is 6. The number of carbonyl (C=O) groups is 1. The number of rotatable bonds is 5. The fourth-order valence-electron chi connectivity index (χ4n) is 2.94. The number of nitrogens with zero attached hydrogens (tertiary/aromatic N) is 3. The fraction of sp³-hybridized carbons (Fsp3) is 0.412. The minimum atomic E-state index is -3.65. The number of halogens is 1. The van der Waals surface area contributed by atoms with Crippen molar-refractivity contribution in [2.24, 2.45) is 0 Å². The quantitative estimate of drug-likeness (QED) is 0.799. The first-order valence-electron chi connectivity index (χ1n) is 8.47. The predicted molar refractivity (Wildman–Crippen MR) is 100 cm³/mol. The third-order valence-electron chi connectivity index (χ3n) is 4.46. The van der Waals surface area contributed by atoms with E-state index in [1.807, 2.05) is 13.0 Å². The first-order chi connectivity index (χ1) is 12.8. The molecule has 0 aliphatic carbocycles. The van der Waals surface area contributed by atoms with E-state index in [1.165, 1.54) is 25.2 Å². The second-order valence-electron chi connectivity index (χ2n) is 6.35. The van der Waals surface area contributed by atoms with Crippen molar-refractivity contribution >= 4 is 27.5 Å². The molecule has 1 aromatic heterocycles. The van der Waals surface area contributed by atoms with Crippen LogP contribution in [0.2, 0.25) is 5.02 Å². The number of benzene rings is 1. The Morgan fingerprint density at radius 3 is 2.56 bits per heavy atom. The number of sulfonamides is 1. The second-order valence-corrected chi connectivity index (χ2v) is 8.65. The zero-order valence-electron chi connectivity index (χ0n) is 15.1. The molecule has 1 amide bonds. The molecule has 0 unspecified atom stereocenters. The Balaban J connectivity index is 1.68. The maximum Gasteiger partial charge on any atom is 0.255 e. The Hall–Kier alpha value is -1.94. The molecule has 3 rings (SSSR count). The molecule has 0 bridgehead atoms. The molecule has 0 atom stereocenters. The monoisotopic (exact) mass is 412 g/mol. The maximum atomic E-state index is 12.8. The van der Waals surface area contributed by atoms with Crippen LogP contribution in [0.25, 0.3) is 0 Å². The third kappa shape index (κ3) is 4.49. The van der Waals surface area contributed by atoms with E-state index < -0.39 is 10.0 Å². The molecule has 2 aromatic rings. The van der Waals surface area contributed by atoms with Gasteiger partial charge >= 0.3 is 0 Å². The van der Waals surface area contributed by atoms with Gasteiger partial charge in [0.15, 0.2) is 5.76 Å². The van der Waals surface area contributed by atoms with E-state index in [4.69, 9.17) is 16.1 Å². The van der Waals surface area contributed by atoms with Gasteiger partial charge in [-0.1, -0.05) is 16.8 Å². The van der Waals surface area contributed by atoms with Gasteiger partial charge in [-0.2, -0.15) is 0 Å². The highest BCUT2D eigenvalue weighted by atomic mass is 35.5. The zero-order valence-corrected chi connectivity index (χ0v) is 16.7. The van der Waals surface area contributed by atoms with Gasteiger partial charge in [0.1, 0.15) is 0 Å². The van der Waals surface area contributed by atoms with Crippen LogP contribution < -0.4 is 4.72 Å². The molecule has 8 nitrogen and oxygen atoms in total. The molecule has 146 valence electrons. The van der Waals surface area contributed by atoms with Crippen molar-refractivity contribution in [3.05, 3.63) is 46.3 Å². The summed E-state index contributed by atoms with van der Waals surface area (Å²) < 4.78 is 31.4. The number of aryl methyl sites for hydroxylation is 1. The van der Waals surface area contributed by atoms with Crippen molar-refractivity contribution in [3.63, 3.8) is 0 Å². The highest BCUT2D eigenvalue weighted by molar-refractivity contribution is 7.89. The van der Waals surface area contributed by atoms with E-state index in [-0.39, 0.29) is 21.4 Å². The summed E-state index contributed by atoms with van der Waals surface area (Å²) in [7, 11) is -2.33. The summed E-state index contributed by atoms with van der Waals surface area (Å²) in [6, 6.07) is 6.02. The van der Waals surface area contributed by atoms with Gasteiger partial charge in [0.2, 0.25) is 10.0 Å². The van der Waals surface area contributed by atoms with Crippen molar-refractivity contribution < 1.29 is 17.7 Å². The van der Waals surface area contributed by atoms with Crippen molar-refractivity contribution in [1.82, 2.24) is 19.7 Å². The number of amides is 1. The molecule has 0 spiro atoms. The Bertz CT molecular complexity index is 936. The number of carbonyl (C=O) groups excluding carboxylic acids is 1. The van der Waals surface area contributed by atoms with E-state index in [1.54, 1.807) is 4.90 Å². The average Bonchev–Trinajstić information content (AvgIpc) is 3.06. The van der Waals surface area contributed by atoms with Crippen LogP contribution in [0, 0.1) is 6.92 Å². The molecule has 0 saturated carbocycles. The lowest BCUT2D eigenvalue weighted by atomic mass is 10.1.